The second kappa shape index (κ2) is 6.92. The maximum atomic E-state index is 9.50. The lowest BCUT2D eigenvalue weighted by atomic mass is 10.0. The van der Waals surface area contributed by atoms with Gasteiger partial charge in [0, 0.05) is 24.8 Å². The van der Waals surface area contributed by atoms with E-state index in [0.717, 1.165) is 26.1 Å². The first-order valence-corrected chi connectivity index (χ1v) is 7.47. The van der Waals surface area contributed by atoms with Crippen LogP contribution in [0.1, 0.15) is 44.7 Å². The predicted octanol–water partition coefficient (Wildman–Crippen LogP) is 2.71. The second-order valence-corrected chi connectivity index (χ2v) is 5.44. The summed E-state index contributed by atoms with van der Waals surface area (Å²) in [5, 5.41) is 13.1. The standard InChI is InChI=1S/C16H26N2O/c1-3-17-15-8-6-11-18(12-10-13(2)19)16-9-5-4-7-14(15)16/h4-5,7,9,13,15,17,19H,3,6,8,10-12H2,1-2H3. The third-order valence-corrected chi connectivity index (χ3v) is 3.84. The van der Waals surface area contributed by atoms with Gasteiger partial charge in [-0.3, -0.25) is 0 Å². The van der Waals surface area contributed by atoms with Crippen molar-refractivity contribution in [2.75, 3.05) is 24.5 Å². The Morgan fingerprint density at radius 2 is 2.21 bits per heavy atom. The van der Waals surface area contributed by atoms with Gasteiger partial charge in [0.05, 0.1) is 6.10 Å². The van der Waals surface area contributed by atoms with E-state index >= 15 is 0 Å². The summed E-state index contributed by atoms with van der Waals surface area (Å²) in [6, 6.07) is 9.16. The lowest BCUT2D eigenvalue weighted by molar-refractivity contribution is 0.186. The molecule has 0 bridgehead atoms. The van der Waals surface area contributed by atoms with Crippen molar-refractivity contribution < 1.29 is 5.11 Å². The molecule has 0 radical (unpaired) electrons. The van der Waals surface area contributed by atoms with Gasteiger partial charge in [-0.1, -0.05) is 25.1 Å². The first kappa shape index (κ1) is 14.4. The molecule has 1 heterocycles. The fourth-order valence-electron chi connectivity index (χ4n) is 2.87. The molecule has 1 aromatic carbocycles. The molecule has 0 aromatic heterocycles. The van der Waals surface area contributed by atoms with Crippen molar-refractivity contribution in [1.82, 2.24) is 5.32 Å². The number of nitrogens with zero attached hydrogens (tertiary/aromatic N) is 1. The lowest BCUT2D eigenvalue weighted by Gasteiger charge is -2.26. The van der Waals surface area contributed by atoms with Crippen molar-refractivity contribution in [2.24, 2.45) is 0 Å². The average Bonchev–Trinajstić information content (AvgIpc) is 2.57. The molecule has 1 aliphatic heterocycles. The molecule has 0 spiro atoms. The van der Waals surface area contributed by atoms with Crippen LogP contribution in [-0.2, 0) is 0 Å². The van der Waals surface area contributed by atoms with E-state index in [1.165, 1.54) is 24.1 Å². The van der Waals surface area contributed by atoms with E-state index in [2.05, 4.69) is 41.4 Å². The fourth-order valence-corrected chi connectivity index (χ4v) is 2.87. The molecule has 2 N–H and O–H groups in total. The van der Waals surface area contributed by atoms with Crippen LogP contribution in [0.5, 0.6) is 0 Å². The fraction of sp³-hybridized carbons (Fsp3) is 0.625. The largest absolute Gasteiger partial charge is 0.393 e. The van der Waals surface area contributed by atoms with Gasteiger partial charge in [-0.15, -0.1) is 0 Å². The molecule has 19 heavy (non-hydrogen) atoms. The van der Waals surface area contributed by atoms with Crippen LogP contribution in [-0.4, -0.2) is 30.8 Å². The van der Waals surface area contributed by atoms with Crippen molar-refractivity contribution in [3.8, 4) is 0 Å². The molecular weight excluding hydrogens is 236 g/mol. The van der Waals surface area contributed by atoms with Crippen LogP contribution in [0, 0.1) is 0 Å². The zero-order chi connectivity index (χ0) is 13.7. The molecule has 0 saturated heterocycles. The molecule has 2 unspecified atom stereocenters. The van der Waals surface area contributed by atoms with Gasteiger partial charge in [0.15, 0.2) is 0 Å². The Hall–Kier alpha value is -1.06. The third-order valence-electron chi connectivity index (χ3n) is 3.84. The Labute approximate surface area is 116 Å². The number of para-hydroxylation sites is 1. The van der Waals surface area contributed by atoms with Crippen LogP contribution >= 0.6 is 0 Å². The van der Waals surface area contributed by atoms with Crippen LogP contribution in [0.15, 0.2) is 24.3 Å². The number of aliphatic hydroxyl groups excluding tert-OH is 1. The van der Waals surface area contributed by atoms with Crippen molar-refractivity contribution >= 4 is 5.69 Å². The number of hydrogen-bond acceptors (Lipinski definition) is 3. The molecular formula is C16H26N2O. The molecule has 2 atom stereocenters. The van der Waals surface area contributed by atoms with E-state index in [-0.39, 0.29) is 6.10 Å². The predicted molar refractivity (Wildman–Crippen MR) is 80.6 cm³/mol. The van der Waals surface area contributed by atoms with Crippen LogP contribution < -0.4 is 10.2 Å². The number of anilines is 1. The number of rotatable bonds is 5. The van der Waals surface area contributed by atoms with Crippen LogP contribution in [0.25, 0.3) is 0 Å². The summed E-state index contributed by atoms with van der Waals surface area (Å²) < 4.78 is 0. The topological polar surface area (TPSA) is 35.5 Å². The van der Waals surface area contributed by atoms with Crippen LogP contribution in [0.3, 0.4) is 0 Å². The van der Waals surface area contributed by atoms with E-state index in [9.17, 15) is 5.11 Å². The second-order valence-electron chi connectivity index (χ2n) is 5.44. The number of benzene rings is 1. The number of aliphatic hydroxyl groups is 1. The van der Waals surface area contributed by atoms with E-state index in [1.807, 2.05) is 6.92 Å². The maximum Gasteiger partial charge on any atom is 0.0528 e. The molecule has 0 saturated carbocycles. The first-order valence-electron chi connectivity index (χ1n) is 7.47. The molecule has 0 fully saturated rings. The Kier molecular flexibility index (Phi) is 5.23. The van der Waals surface area contributed by atoms with E-state index in [4.69, 9.17) is 0 Å². The molecule has 0 aliphatic carbocycles. The van der Waals surface area contributed by atoms with Gasteiger partial charge >= 0.3 is 0 Å². The quantitative estimate of drug-likeness (QED) is 0.856. The molecule has 106 valence electrons. The molecule has 1 aromatic rings. The van der Waals surface area contributed by atoms with E-state index in [1.54, 1.807) is 0 Å². The van der Waals surface area contributed by atoms with Gasteiger partial charge in [-0.2, -0.15) is 0 Å². The Morgan fingerprint density at radius 3 is 2.95 bits per heavy atom. The third kappa shape index (κ3) is 3.71. The molecule has 3 heteroatoms. The minimum atomic E-state index is -0.222. The van der Waals surface area contributed by atoms with Gasteiger partial charge < -0.3 is 15.3 Å². The average molecular weight is 262 g/mol. The summed E-state index contributed by atoms with van der Waals surface area (Å²) in [7, 11) is 0. The highest BCUT2D eigenvalue weighted by Gasteiger charge is 2.21. The van der Waals surface area contributed by atoms with Gasteiger partial charge in [-0.05, 0) is 44.4 Å². The highest BCUT2D eigenvalue weighted by atomic mass is 16.3. The van der Waals surface area contributed by atoms with Gasteiger partial charge in [0.25, 0.3) is 0 Å². The van der Waals surface area contributed by atoms with Gasteiger partial charge in [0.2, 0.25) is 0 Å². The van der Waals surface area contributed by atoms with E-state index < -0.39 is 0 Å². The van der Waals surface area contributed by atoms with Gasteiger partial charge in [-0.25, -0.2) is 0 Å². The zero-order valence-electron chi connectivity index (χ0n) is 12.1. The summed E-state index contributed by atoms with van der Waals surface area (Å²) in [6.45, 7) is 7.07. The van der Waals surface area contributed by atoms with Crippen molar-refractivity contribution in [2.45, 2.75) is 45.3 Å². The Morgan fingerprint density at radius 1 is 1.42 bits per heavy atom. The molecule has 3 nitrogen and oxygen atoms in total. The Balaban J connectivity index is 2.20. The number of fused-ring (bicyclic) bond motifs is 1. The highest BCUT2D eigenvalue weighted by Crippen LogP contribution is 2.32. The van der Waals surface area contributed by atoms with Gasteiger partial charge in [0.1, 0.15) is 0 Å². The molecule has 1 aliphatic rings. The van der Waals surface area contributed by atoms with Crippen molar-refractivity contribution in [3.05, 3.63) is 29.8 Å². The molecule has 0 amide bonds. The number of nitrogens with one attached hydrogen (secondary N) is 1. The SMILES string of the molecule is CCNC1CCCN(CCC(C)O)c2ccccc21. The normalized spacial score (nSPS) is 20.8. The monoisotopic (exact) mass is 262 g/mol. The summed E-state index contributed by atoms with van der Waals surface area (Å²) in [5.41, 5.74) is 2.75. The summed E-state index contributed by atoms with van der Waals surface area (Å²) in [6.07, 6.45) is 3.00. The number of hydrogen-bond donors (Lipinski definition) is 2. The van der Waals surface area contributed by atoms with Crippen molar-refractivity contribution in [3.63, 3.8) is 0 Å². The first-order chi connectivity index (χ1) is 9.22. The minimum Gasteiger partial charge on any atom is -0.393 e. The van der Waals surface area contributed by atoms with Crippen LogP contribution in [0.4, 0.5) is 5.69 Å². The Bertz CT molecular complexity index is 392. The van der Waals surface area contributed by atoms with E-state index in [0.29, 0.717) is 6.04 Å². The van der Waals surface area contributed by atoms with Crippen molar-refractivity contribution in [1.29, 1.82) is 0 Å². The van der Waals surface area contributed by atoms with Crippen LogP contribution in [0.2, 0.25) is 0 Å². The summed E-state index contributed by atoms with van der Waals surface area (Å²) in [4.78, 5) is 2.43. The molecule has 2 rings (SSSR count). The maximum absolute atomic E-state index is 9.50. The lowest BCUT2D eigenvalue weighted by Crippen LogP contribution is -2.27. The minimum absolute atomic E-state index is 0.222. The highest BCUT2D eigenvalue weighted by molar-refractivity contribution is 5.55. The summed E-state index contributed by atoms with van der Waals surface area (Å²) >= 11 is 0. The smallest absolute Gasteiger partial charge is 0.0528 e. The zero-order valence-corrected chi connectivity index (χ0v) is 12.1. The summed E-state index contributed by atoms with van der Waals surface area (Å²) in [5.74, 6) is 0.